The number of alkyl halides is 1. The Morgan fingerprint density at radius 1 is 1.70 bits per heavy atom. The van der Waals surface area contributed by atoms with Gasteiger partial charge in [0.25, 0.3) is 10.1 Å². The fourth-order valence-electron chi connectivity index (χ4n) is 0.375. The van der Waals surface area contributed by atoms with Gasteiger partial charge in [0.15, 0.2) is 0 Å². The molecule has 0 aliphatic carbocycles. The van der Waals surface area contributed by atoms with E-state index in [-0.39, 0.29) is 12.4 Å². The van der Waals surface area contributed by atoms with Crippen molar-refractivity contribution in [3.63, 3.8) is 0 Å². The monoisotopic (exact) mass is 187 g/mol. The fraction of sp³-hybridized carbons (Fsp3) is 1.00. The Morgan fingerprint density at radius 3 is 2.30 bits per heavy atom. The Hall–Kier alpha value is 0.160. The highest BCUT2D eigenvalue weighted by atomic mass is 35.5. The molecule has 0 aromatic carbocycles. The van der Waals surface area contributed by atoms with E-state index >= 15 is 0 Å². The predicted octanol–water partition coefficient (Wildman–Crippen LogP) is -0.471. The summed E-state index contributed by atoms with van der Waals surface area (Å²) >= 11 is 5.30. The van der Waals surface area contributed by atoms with Crippen LogP contribution in [0.3, 0.4) is 0 Å². The minimum absolute atomic E-state index is 0.0869. The van der Waals surface area contributed by atoms with E-state index in [1.807, 2.05) is 0 Å². The van der Waals surface area contributed by atoms with E-state index in [0.717, 1.165) is 6.26 Å². The molecule has 0 saturated carbocycles. The molecule has 0 aliphatic heterocycles. The van der Waals surface area contributed by atoms with E-state index in [1.54, 1.807) is 0 Å². The van der Waals surface area contributed by atoms with Gasteiger partial charge in [0.1, 0.15) is 6.10 Å². The maximum Gasteiger partial charge on any atom is 0.264 e. The SMILES string of the molecule is CS(=O)(=O)OC(CN)CCl. The molecule has 6 heteroatoms. The number of hydrogen-bond donors (Lipinski definition) is 1. The van der Waals surface area contributed by atoms with E-state index in [9.17, 15) is 8.42 Å². The first-order valence-electron chi connectivity index (χ1n) is 2.64. The summed E-state index contributed by atoms with van der Waals surface area (Å²) in [4.78, 5) is 0. The number of hydrogen-bond acceptors (Lipinski definition) is 4. The highest BCUT2D eigenvalue weighted by molar-refractivity contribution is 7.86. The van der Waals surface area contributed by atoms with Crippen molar-refractivity contribution in [2.75, 3.05) is 18.7 Å². The van der Waals surface area contributed by atoms with Gasteiger partial charge in [0.2, 0.25) is 0 Å². The first kappa shape index (κ1) is 10.2. The third-order valence-corrected chi connectivity index (χ3v) is 1.71. The van der Waals surface area contributed by atoms with Crippen LogP contribution in [0.2, 0.25) is 0 Å². The molecule has 4 nitrogen and oxygen atoms in total. The zero-order valence-electron chi connectivity index (χ0n) is 5.58. The Labute approximate surface area is 65.4 Å². The van der Waals surface area contributed by atoms with Crippen LogP contribution in [-0.2, 0) is 14.3 Å². The molecule has 0 rings (SSSR count). The van der Waals surface area contributed by atoms with Crippen LogP contribution in [0.25, 0.3) is 0 Å². The zero-order chi connectivity index (χ0) is 8.20. The number of rotatable bonds is 4. The molecule has 10 heavy (non-hydrogen) atoms. The van der Waals surface area contributed by atoms with E-state index in [4.69, 9.17) is 17.3 Å². The topological polar surface area (TPSA) is 69.4 Å². The Bertz CT molecular complexity index is 175. The minimum Gasteiger partial charge on any atom is -0.328 e. The molecule has 0 radical (unpaired) electrons. The lowest BCUT2D eigenvalue weighted by molar-refractivity contribution is 0.242. The van der Waals surface area contributed by atoms with Crippen LogP contribution >= 0.6 is 11.6 Å². The van der Waals surface area contributed by atoms with Gasteiger partial charge in [-0.25, -0.2) is 0 Å². The summed E-state index contributed by atoms with van der Waals surface area (Å²) < 4.78 is 25.3. The summed E-state index contributed by atoms with van der Waals surface area (Å²) in [5, 5.41) is 0. The van der Waals surface area contributed by atoms with Gasteiger partial charge < -0.3 is 5.73 Å². The summed E-state index contributed by atoms with van der Waals surface area (Å²) in [6.45, 7) is 0.108. The van der Waals surface area contributed by atoms with Crippen LogP contribution in [-0.4, -0.2) is 33.2 Å². The average molecular weight is 188 g/mol. The van der Waals surface area contributed by atoms with Crippen molar-refractivity contribution in [3.05, 3.63) is 0 Å². The second-order valence-corrected chi connectivity index (χ2v) is 3.72. The second-order valence-electron chi connectivity index (χ2n) is 1.81. The molecule has 0 fully saturated rings. The van der Waals surface area contributed by atoms with Gasteiger partial charge in [-0.1, -0.05) is 0 Å². The van der Waals surface area contributed by atoms with E-state index in [0.29, 0.717) is 0 Å². The quantitative estimate of drug-likeness (QED) is 0.477. The van der Waals surface area contributed by atoms with E-state index in [1.165, 1.54) is 0 Å². The molecular weight excluding hydrogens is 178 g/mol. The summed E-state index contributed by atoms with van der Waals surface area (Å²) in [6.07, 6.45) is 0.360. The molecule has 2 N–H and O–H groups in total. The van der Waals surface area contributed by atoms with Crippen LogP contribution in [0.15, 0.2) is 0 Å². The van der Waals surface area contributed by atoms with Crippen molar-refractivity contribution in [1.29, 1.82) is 0 Å². The molecule has 0 aliphatic rings. The van der Waals surface area contributed by atoms with E-state index in [2.05, 4.69) is 4.18 Å². The lowest BCUT2D eigenvalue weighted by Gasteiger charge is -2.08. The largest absolute Gasteiger partial charge is 0.328 e. The highest BCUT2D eigenvalue weighted by Crippen LogP contribution is 1.97. The lowest BCUT2D eigenvalue weighted by atomic mass is 10.4. The predicted molar refractivity (Wildman–Crippen MR) is 39.5 cm³/mol. The van der Waals surface area contributed by atoms with Gasteiger partial charge in [-0.2, -0.15) is 8.42 Å². The van der Waals surface area contributed by atoms with Crippen molar-refractivity contribution in [1.82, 2.24) is 0 Å². The van der Waals surface area contributed by atoms with Gasteiger partial charge in [-0.05, 0) is 0 Å². The van der Waals surface area contributed by atoms with Gasteiger partial charge in [-0.3, -0.25) is 4.18 Å². The van der Waals surface area contributed by atoms with Gasteiger partial charge >= 0.3 is 0 Å². The normalized spacial score (nSPS) is 15.1. The van der Waals surface area contributed by atoms with Crippen molar-refractivity contribution in [2.45, 2.75) is 6.10 Å². The molecule has 0 saturated heterocycles. The summed E-state index contributed by atoms with van der Waals surface area (Å²) in [5.74, 6) is 0.0869. The van der Waals surface area contributed by atoms with Gasteiger partial charge in [0, 0.05) is 6.54 Å². The van der Waals surface area contributed by atoms with Crippen LogP contribution in [0.4, 0.5) is 0 Å². The maximum absolute atomic E-state index is 10.4. The average Bonchev–Trinajstić information content (AvgIpc) is 1.81. The minimum atomic E-state index is -3.41. The molecule has 62 valence electrons. The molecule has 0 aromatic rings. The maximum atomic E-state index is 10.4. The first-order chi connectivity index (χ1) is 4.49. The lowest BCUT2D eigenvalue weighted by Crippen LogP contribution is -2.27. The third-order valence-electron chi connectivity index (χ3n) is 0.746. The van der Waals surface area contributed by atoms with Crippen LogP contribution < -0.4 is 5.73 Å². The molecule has 0 spiro atoms. The van der Waals surface area contributed by atoms with Crippen molar-refractivity contribution < 1.29 is 12.6 Å². The summed E-state index contributed by atoms with van der Waals surface area (Å²) in [7, 11) is -3.41. The van der Waals surface area contributed by atoms with Gasteiger partial charge in [0.05, 0.1) is 12.1 Å². The number of halogens is 1. The molecule has 0 bridgehead atoms. The van der Waals surface area contributed by atoms with E-state index < -0.39 is 16.2 Å². The Balaban J connectivity index is 3.87. The van der Waals surface area contributed by atoms with Crippen LogP contribution in [0.1, 0.15) is 0 Å². The summed E-state index contributed by atoms with van der Waals surface area (Å²) in [5.41, 5.74) is 5.12. The third kappa shape index (κ3) is 4.99. The molecule has 1 unspecified atom stereocenters. The molecule has 0 aromatic heterocycles. The number of nitrogens with two attached hydrogens (primary N) is 1. The Kier molecular flexibility index (Phi) is 4.19. The fourth-order valence-corrected chi connectivity index (χ4v) is 1.28. The first-order valence-corrected chi connectivity index (χ1v) is 4.99. The summed E-state index contributed by atoms with van der Waals surface area (Å²) in [6, 6.07) is 0. The van der Waals surface area contributed by atoms with Crippen LogP contribution in [0, 0.1) is 0 Å². The smallest absolute Gasteiger partial charge is 0.264 e. The highest BCUT2D eigenvalue weighted by Gasteiger charge is 2.11. The Morgan fingerprint density at radius 2 is 2.20 bits per heavy atom. The standard InChI is InChI=1S/C4H10ClNO3S/c1-10(7,8)9-4(2-5)3-6/h4H,2-3,6H2,1H3. The molecule has 1 atom stereocenters. The second kappa shape index (κ2) is 4.12. The van der Waals surface area contributed by atoms with Crippen molar-refractivity contribution >= 4 is 21.7 Å². The van der Waals surface area contributed by atoms with Crippen molar-refractivity contribution in [2.24, 2.45) is 5.73 Å². The molecule has 0 amide bonds. The molecule has 0 heterocycles. The van der Waals surface area contributed by atoms with Crippen molar-refractivity contribution in [3.8, 4) is 0 Å². The van der Waals surface area contributed by atoms with Crippen LogP contribution in [0.5, 0.6) is 0 Å². The molecular formula is C4H10ClNO3S. The van der Waals surface area contributed by atoms with Gasteiger partial charge in [-0.15, -0.1) is 11.6 Å². The zero-order valence-corrected chi connectivity index (χ0v) is 7.15.